The summed E-state index contributed by atoms with van der Waals surface area (Å²) >= 11 is 0. The molecule has 2 aromatic carbocycles. The second-order valence-corrected chi connectivity index (χ2v) is 5.67. The standard InChI is InChI=1S/C18H18N6O2/c1-11(25)21-15-8-4-12(5-9-15)17-22-16(23-24-17)10-20-18(26)13-2-6-14(19)7-3-13/h2-9H,10,19H2,1H3,(H,20,26)(H,21,25)(H,22,23,24). The smallest absolute Gasteiger partial charge is 0.251 e. The van der Waals surface area contributed by atoms with E-state index in [1.807, 2.05) is 12.1 Å². The Morgan fingerprint density at radius 2 is 1.77 bits per heavy atom. The third-order valence-corrected chi connectivity index (χ3v) is 3.58. The van der Waals surface area contributed by atoms with Crippen molar-refractivity contribution in [2.45, 2.75) is 13.5 Å². The fraction of sp³-hybridized carbons (Fsp3) is 0.111. The zero-order valence-electron chi connectivity index (χ0n) is 14.1. The quantitative estimate of drug-likeness (QED) is 0.523. The number of carbonyl (C=O) groups excluding carboxylic acids is 2. The number of hydrogen-bond acceptors (Lipinski definition) is 5. The average molecular weight is 350 g/mol. The summed E-state index contributed by atoms with van der Waals surface area (Å²) in [7, 11) is 0. The van der Waals surface area contributed by atoms with E-state index in [1.54, 1.807) is 36.4 Å². The van der Waals surface area contributed by atoms with Crippen LogP contribution in [-0.2, 0) is 11.3 Å². The number of benzene rings is 2. The predicted molar refractivity (Wildman–Crippen MR) is 98.1 cm³/mol. The van der Waals surface area contributed by atoms with Gasteiger partial charge in [0.15, 0.2) is 5.82 Å². The number of nitrogen functional groups attached to an aromatic ring is 1. The summed E-state index contributed by atoms with van der Waals surface area (Å²) in [6.45, 7) is 1.67. The third kappa shape index (κ3) is 4.23. The Kier molecular flexibility index (Phi) is 4.93. The molecule has 8 nitrogen and oxygen atoms in total. The summed E-state index contributed by atoms with van der Waals surface area (Å²) in [6, 6.07) is 13.8. The lowest BCUT2D eigenvalue weighted by Gasteiger charge is -2.03. The van der Waals surface area contributed by atoms with Gasteiger partial charge in [0.1, 0.15) is 5.82 Å². The Labute approximate surface area is 149 Å². The maximum absolute atomic E-state index is 12.1. The van der Waals surface area contributed by atoms with Crippen LogP contribution in [-0.4, -0.2) is 27.0 Å². The minimum absolute atomic E-state index is 0.130. The number of anilines is 2. The molecule has 0 saturated heterocycles. The number of nitrogens with two attached hydrogens (primary N) is 1. The summed E-state index contributed by atoms with van der Waals surface area (Å²) in [5.41, 5.74) is 8.23. The van der Waals surface area contributed by atoms with E-state index < -0.39 is 0 Å². The molecular weight excluding hydrogens is 332 g/mol. The molecule has 5 N–H and O–H groups in total. The number of nitrogens with zero attached hydrogens (tertiary/aromatic N) is 2. The Balaban J connectivity index is 1.61. The van der Waals surface area contributed by atoms with Crippen LogP contribution in [0.15, 0.2) is 48.5 Å². The van der Waals surface area contributed by atoms with Crippen molar-refractivity contribution in [3.05, 3.63) is 59.9 Å². The lowest BCUT2D eigenvalue weighted by atomic mass is 10.2. The number of carbonyl (C=O) groups is 2. The summed E-state index contributed by atoms with van der Waals surface area (Å²) < 4.78 is 0. The van der Waals surface area contributed by atoms with Crippen LogP contribution in [0.3, 0.4) is 0 Å². The second kappa shape index (κ2) is 7.47. The third-order valence-electron chi connectivity index (χ3n) is 3.58. The molecule has 0 unspecified atom stereocenters. The number of amides is 2. The van der Waals surface area contributed by atoms with Crippen molar-refractivity contribution in [3.63, 3.8) is 0 Å². The van der Waals surface area contributed by atoms with E-state index >= 15 is 0 Å². The van der Waals surface area contributed by atoms with Crippen molar-refractivity contribution in [1.82, 2.24) is 20.5 Å². The highest BCUT2D eigenvalue weighted by Crippen LogP contribution is 2.18. The van der Waals surface area contributed by atoms with Gasteiger partial charge in [0.05, 0.1) is 6.54 Å². The van der Waals surface area contributed by atoms with E-state index in [9.17, 15) is 9.59 Å². The molecular formula is C18H18N6O2. The summed E-state index contributed by atoms with van der Waals surface area (Å²) in [6.07, 6.45) is 0. The van der Waals surface area contributed by atoms with Gasteiger partial charge >= 0.3 is 0 Å². The average Bonchev–Trinajstić information content (AvgIpc) is 3.09. The van der Waals surface area contributed by atoms with Crippen LogP contribution in [0.2, 0.25) is 0 Å². The molecule has 2 amide bonds. The van der Waals surface area contributed by atoms with Crippen LogP contribution in [0.4, 0.5) is 11.4 Å². The van der Waals surface area contributed by atoms with Gasteiger partial charge in [0, 0.05) is 29.4 Å². The van der Waals surface area contributed by atoms with Gasteiger partial charge in [-0.3, -0.25) is 14.7 Å². The molecule has 0 aliphatic rings. The molecule has 3 aromatic rings. The van der Waals surface area contributed by atoms with Gasteiger partial charge in [-0.15, -0.1) is 0 Å². The second-order valence-electron chi connectivity index (χ2n) is 5.67. The minimum Gasteiger partial charge on any atom is -0.399 e. The monoisotopic (exact) mass is 350 g/mol. The van der Waals surface area contributed by atoms with Crippen LogP contribution in [0, 0.1) is 0 Å². The number of aromatic amines is 1. The van der Waals surface area contributed by atoms with Crippen molar-refractivity contribution < 1.29 is 9.59 Å². The van der Waals surface area contributed by atoms with Crippen molar-refractivity contribution in [2.75, 3.05) is 11.1 Å². The molecule has 0 saturated carbocycles. The highest BCUT2D eigenvalue weighted by molar-refractivity contribution is 5.94. The van der Waals surface area contributed by atoms with E-state index in [4.69, 9.17) is 5.73 Å². The maximum Gasteiger partial charge on any atom is 0.251 e. The highest BCUT2D eigenvalue weighted by Gasteiger charge is 2.09. The number of rotatable bonds is 5. The fourth-order valence-electron chi connectivity index (χ4n) is 2.31. The van der Waals surface area contributed by atoms with E-state index in [0.29, 0.717) is 28.6 Å². The normalized spacial score (nSPS) is 10.3. The number of nitrogens with one attached hydrogen (secondary N) is 3. The van der Waals surface area contributed by atoms with Crippen molar-refractivity contribution in [1.29, 1.82) is 0 Å². The molecule has 1 aromatic heterocycles. The number of hydrogen-bond donors (Lipinski definition) is 4. The molecule has 0 aliphatic carbocycles. The molecule has 1 heterocycles. The van der Waals surface area contributed by atoms with E-state index in [0.717, 1.165) is 5.56 Å². The van der Waals surface area contributed by atoms with Crippen LogP contribution in [0.5, 0.6) is 0 Å². The number of aromatic nitrogens is 3. The molecule has 0 atom stereocenters. The van der Waals surface area contributed by atoms with E-state index in [-0.39, 0.29) is 18.4 Å². The Morgan fingerprint density at radius 1 is 1.08 bits per heavy atom. The molecule has 26 heavy (non-hydrogen) atoms. The molecule has 0 bridgehead atoms. The summed E-state index contributed by atoms with van der Waals surface area (Å²) in [4.78, 5) is 27.5. The Morgan fingerprint density at radius 3 is 2.42 bits per heavy atom. The molecule has 0 fully saturated rings. The van der Waals surface area contributed by atoms with E-state index in [2.05, 4.69) is 25.8 Å². The SMILES string of the molecule is CC(=O)Nc1ccc(-c2n[nH]c(CNC(=O)c3ccc(N)cc3)n2)cc1. The van der Waals surface area contributed by atoms with Gasteiger partial charge in [-0.1, -0.05) is 0 Å². The first-order valence-corrected chi connectivity index (χ1v) is 7.94. The summed E-state index contributed by atoms with van der Waals surface area (Å²) in [5.74, 6) is 0.697. The van der Waals surface area contributed by atoms with Gasteiger partial charge in [0.25, 0.3) is 5.91 Å². The first kappa shape index (κ1) is 17.2. The van der Waals surface area contributed by atoms with Crippen LogP contribution >= 0.6 is 0 Å². The van der Waals surface area contributed by atoms with Gasteiger partial charge < -0.3 is 16.4 Å². The van der Waals surface area contributed by atoms with Crippen molar-refractivity contribution in [2.24, 2.45) is 0 Å². The fourth-order valence-corrected chi connectivity index (χ4v) is 2.31. The Bertz CT molecular complexity index is 916. The molecule has 0 spiro atoms. The van der Waals surface area contributed by atoms with Gasteiger partial charge in [-0.25, -0.2) is 4.98 Å². The lowest BCUT2D eigenvalue weighted by Crippen LogP contribution is -2.23. The van der Waals surface area contributed by atoms with Crippen molar-refractivity contribution >= 4 is 23.2 Å². The first-order chi connectivity index (χ1) is 12.5. The van der Waals surface area contributed by atoms with Crippen molar-refractivity contribution in [3.8, 4) is 11.4 Å². The van der Waals surface area contributed by atoms with Crippen LogP contribution in [0.25, 0.3) is 11.4 Å². The van der Waals surface area contributed by atoms with Crippen LogP contribution < -0.4 is 16.4 Å². The summed E-state index contributed by atoms with van der Waals surface area (Å²) in [5, 5.41) is 12.4. The van der Waals surface area contributed by atoms with Gasteiger partial charge in [-0.2, -0.15) is 5.10 Å². The lowest BCUT2D eigenvalue weighted by molar-refractivity contribution is -0.114. The predicted octanol–water partition coefficient (Wildman–Crippen LogP) is 1.94. The Hall–Kier alpha value is -3.68. The molecule has 8 heteroatoms. The number of H-pyrrole nitrogens is 1. The van der Waals surface area contributed by atoms with Crippen LogP contribution in [0.1, 0.15) is 23.1 Å². The molecule has 0 aliphatic heterocycles. The first-order valence-electron chi connectivity index (χ1n) is 7.94. The zero-order chi connectivity index (χ0) is 18.5. The largest absolute Gasteiger partial charge is 0.399 e. The highest BCUT2D eigenvalue weighted by atomic mass is 16.2. The molecule has 0 radical (unpaired) electrons. The molecule has 3 rings (SSSR count). The minimum atomic E-state index is -0.220. The zero-order valence-corrected chi connectivity index (χ0v) is 14.1. The maximum atomic E-state index is 12.1. The van der Waals surface area contributed by atoms with Gasteiger partial charge in [0.2, 0.25) is 5.91 Å². The molecule has 132 valence electrons. The topological polar surface area (TPSA) is 126 Å². The van der Waals surface area contributed by atoms with E-state index in [1.165, 1.54) is 6.92 Å². The van der Waals surface area contributed by atoms with Gasteiger partial charge in [-0.05, 0) is 48.5 Å².